The van der Waals surface area contributed by atoms with Crippen LogP contribution in [0.4, 0.5) is 0 Å². The lowest BCUT2D eigenvalue weighted by molar-refractivity contribution is -0.120. The molecule has 0 spiro atoms. The van der Waals surface area contributed by atoms with Crippen LogP contribution in [0.25, 0.3) is 0 Å². The van der Waals surface area contributed by atoms with Gasteiger partial charge in [-0.2, -0.15) is 0 Å². The van der Waals surface area contributed by atoms with Gasteiger partial charge in [-0.05, 0) is 12.6 Å². The highest BCUT2D eigenvalue weighted by atomic mass is 16.1. The molecule has 0 atom stereocenters. The molecule has 0 aromatic rings. The smallest absolute Gasteiger partial charge is 0.223 e. The Kier molecular flexibility index (Phi) is 3.94. The minimum Gasteiger partial charge on any atom is -0.333 e. The lowest BCUT2D eigenvalue weighted by Crippen LogP contribution is -2.14. The fourth-order valence-corrected chi connectivity index (χ4v) is 0.413. The number of hydrogen-bond acceptors (Lipinski definition) is 1. The van der Waals surface area contributed by atoms with Gasteiger partial charge < -0.3 is 5.32 Å². The first kappa shape index (κ1) is 7.21. The van der Waals surface area contributed by atoms with Crippen molar-refractivity contribution in [1.82, 2.24) is 5.32 Å². The Morgan fingerprint density at radius 3 is 2.88 bits per heavy atom. The van der Waals surface area contributed by atoms with Crippen LogP contribution in [0, 0.1) is 0 Å². The maximum Gasteiger partial charge on any atom is 0.223 e. The summed E-state index contributed by atoms with van der Waals surface area (Å²) < 4.78 is 0. The summed E-state index contributed by atoms with van der Waals surface area (Å²) in [6.45, 7) is 5.31. The van der Waals surface area contributed by atoms with Crippen LogP contribution in [0.5, 0.6) is 0 Å². The third kappa shape index (κ3) is 3.40. The van der Waals surface area contributed by atoms with Crippen LogP contribution in [0.2, 0.25) is 0 Å². The molecule has 46 valence electrons. The van der Waals surface area contributed by atoms with Gasteiger partial charge in [-0.15, -0.1) is 0 Å². The summed E-state index contributed by atoms with van der Waals surface area (Å²) in [6, 6.07) is 0. The van der Waals surface area contributed by atoms with Crippen LogP contribution >= 0.6 is 0 Å². The first-order chi connectivity index (χ1) is 3.81. The van der Waals surface area contributed by atoms with Crippen molar-refractivity contribution in [2.24, 2.45) is 0 Å². The van der Waals surface area contributed by atoms with Crippen LogP contribution in [0.1, 0.15) is 19.8 Å². The lowest BCUT2D eigenvalue weighted by atomic mass is 10.3. The van der Waals surface area contributed by atoms with Gasteiger partial charge in [-0.25, -0.2) is 0 Å². The van der Waals surface area contributed by atoms with E-state index in [1.54, 1.807) is 0 Å². The van der Waals surface area contributed by atoms with E-state index < -0.39 is 0 Å². The van der Waals surface area contributed by atoms with Crippen LogP contribution in [-0.4, -0.2) is 5.91 Å². The van der Waals surface area contributed by atoms with Gasteiger partial charge in [-0.1, -0.05) is 13.5 Å². The standard InChI is InChI=1S/C6H11NO/c1-3-5-6(8)7-4-2/h4H,2-3,5H2,1H3,(H,7,8). The van der Waals surface area contributed by atoms with E-state index in [-0.39, 0.29) is 5.91 Å². The van der Waals surface area contributed by atoms with Gasteiger partial charge in [-0.3, -0.25) is 4.79 Å². The van der Waals surface area contributed by atoms with E-state index >= 15 is 0 Å². The maximum absolute atomic E-state index is 10.5. The fraction of sp³-hybridized carbons (Fsp3) is 0.500. The molecule has 2 nitrogen and oxygen atoms in total. The summed E-state index contributed by atoms with van der Waals surface area (Å²) in [4.78, 5) is 10.5. The summed E-state index contributed by atoms with van der Waals surface area (Å²) in [6.07, 6.45) is 2.88. The minimum absolute atomic E-state index is 0.0440. The quantitative estimate of drug-likeness (QED) is 0.582. The predicted molar refractivity (Wildman–Crippen MR) is 33.2 cm³/mol. The molecule has 8 heavy (non-hydrogen) atoms. The zero-order valence-corrected chi connectivity index (χ0v) is 5.11. The Morgan fingerprint density at radius 2 is 2.50 bits per heavy atom. The molecule has 1 amide bonds. The molecule has 0 saturated heterocycles. The zero-order chi connectivity index (χ0) is 6.41. The lowest BCUT2D eigenvalue weighted by Gasteiger charge is -1.92. The van der Waals surface area contributed by atoms with Gasteiger partial charge in [0, 0.05) is 6.42 Å². The molecule has 0 aromatic carbocycles. The van der Waals surface area contributed by atoms with E-state index in [2.05, 4.69) is 11.9 Å². The molecule has 1 N–H and O–H groups in total. The SMILES string of the molecule is C=CNC(=O)CCC. The summed E-state index contributed by atoms with van der Waals surface area (Å²) in [5.41, 5.74) is 0. The van der Waals surface area contributed by atoms with E-state index in [4.69, 9.17) is 0 Å². The molecule has 0 bridgehead atoms. The summed E-state index contributed by atoms with van der Waals surface area (Å²) >= 11 is 0. The molecule has 0 radical (unpaired) electrons. The highest BCUT2D eigenvalue weighted by Crippen LogP contribution is 1.83. The van der Waals surface area contributed by atoms with Crippen LogP contribution in [0.3, 0.4) is 0 Å². The first-order valence-corrected chi connectivity index (χ1v) is 2.71. The second-order valence-electron chi connectivity index (χ2n) is 1.52. The number of amides is 1. The second kappa shape index (κ2) is 4.37. The molecule has 0 unspecified atom stereocenters. The average Bonchev–Trinajstić information content (AvgIpc) is 1.68. The molecular weight excluding hydrogens is 102 g/mol. The van der Waals surface area contributed by atoms with Gasteiger partial charge in [0.25, 0.3) is 0 Å². The topological polar surface area (TPSA) is 29.1 Å². The Hall–Kier alpha value is -0.790. The van der Waals surface area contributed by atoms with Crippen molar-refractivity contribution < 1.29 is 4.79 Å². The molecule has 0 aliphatic heterocycles. The van der Waals surface area contributed by atoms with Crippen molar-refractivity contribution >= 4 is 5.91 Å². The molecule has 0 rings (SSSR count). The molecular formula is C6H11NO. The van der Waals surface area contributed by atoms with Crippen molar-refractivity contribution in [2.45, 2.75) is 19.8 Å². The van der Waals surface area contributed by atoms with Crippen LogP contribution in [-0.2, 0) is 4.79 Å². The molecule has 0 aliphatic carbocycles. The largest absolute Gasteiger partial charge is 0.333 e. The van der Waals surface area contributed by atoms with Crippen molar-refractivity contribution in [2.75, 3.05) is 0 Å². The summed E-state index contributed by atoms with van der Waals surface area (Å²) in [5.74, 6) is 0.0440. The van der Waals surface area contributed by atoms with Gasteiger partial charge in [0.15, 0.2) is 0 Å². The third-order valence-corrected chi connectivity index (χ3v) is 0.740. The normalized spacial score (nSPS) is 8.12. The van der Waals surface area contributed by atoms with Gasteiger partial charge in [0.1, 0.15) is 0 Å². The maximum atomic E-state index is 10.5. The molecule has 0 aromatic heterocycles. The van der Waals surface area contributed by atoms with E-state index in [1.807, 2.05) is 6.92 Å². The fourth-order valence-electron chi connectivity index (χ4n) is 0.413. The average molecular weight is 113 g/mol. The predicted octanol–water partition coefficient (Wildman–Crippen LogP) is 1.05. The Bertz CT molecular complexity index is 88.5. The highest BCUT2D eigenvalue weighted by molar-refractivity contribution is 5.76. The number of hydrogen-bond donors (Lipinski definition) is 1. The number of carbonyl (C=O) groups is 1. The Balaban J connectivity index is 3.18. The third-order valence-electron chi connectivity index (χ3n) is 0.740. The zero-order valence-electron chi connectivity index (χ0n) is 5.11. The Labute approximate surface area is 49.6 Å². The molecule has 2 heteroatoms. The summed E-state index contributed by atoms with van der Waals surface area (Å²) in [7, 11) is 0. The molecule has 0 fully saturated rings. The molecule has 0 saturated carbocycles. The van der Waals surface area contributed by atoms with Crippen molar-refractivity contribution in [3.8, 4) is 0 Å². The Morgan fingerprint density at radius 1 is 1.88 bits per heavy atom. The monoisotopic (exact) mass is 113 g/mol. The number of carbonyl (C=O) groups excluding carboxylic acids is 1. The molecule has 0 aliphatic rings. The van der Waals surface area contributed by atoms with E-state index in [0.717, 1.165) is 6.42 Å². The van der Waals surface area contributed by atoms with E-state index in [9.17, 15) is 4.79 Å². The van der Waals surface area contributed by atoms with Gasteiger partial charge >= 0.3 is 0 Å². The van der Waals surface area contributed by atoms with Crippen LogP contribution < -0.4 is 5.32 Å². The summed E-state index contributed by atoms with van der Waals surface area (Å²) in [5, 5.41) is 2.47. The second-order valence-corrected chi connectivity index (χ2v) is 1.52. The van der Waals surface area contributed by atoms with Gasteiger partial charge in [0.2, 0.25) is 5.91 Å². The highest BCUT2D eigenvalue weighted by Gasteiger charge is 1.91. The van der Waals surface area contributed by atoms with Crippen molar-refractivity contribution in [3.63, 3.8) is 0 Å². The van der Waals surface area contributed by atoms with E-state index in [1.165, 1.54) is 6.20 Å². The van der Waals surface area contributed by atoms with Crippen molar-refractivity contribution in [3.05, 3.63) is 12.8 Å². The number of nitrogens with one attached hydrogen (secondary N) is 1. The van der Waals surface area contributed by atoms with E-state index in [0.29, 0.717) is 6.42 Å². The number of rotatable bonds is 3. The van der Waals surface area contributed by atoms with Crippen LogP contribution in [0.15, 0.2) is 12.8 Å². The first-order valence-electron chi connectivity index (χ1n) is 2.71. The van der Waals surface area contributed by atoms with Crippen molar-refractivity contribution in [1.29, 1.82) is 0 Å². The van der Waals surface area contributed by atoms with Gasteiger partial charge in [0.05, 0.1) is 0 Å². The minimum atomic E-state index is 0.0440. The molecule has 0 heterocycles.